The van der Waals surface area contributed by atoms with Gasteiger partial charge >= 0.3 is 0 Å². The number of nitrogens with one attached hydrogen (secondary N) is 1. The van der Waals surface area contributed by atoms with E-state index < -0.39 is 5.24 Å². The van der Waals surface area contributed by atoms with Crippen molar-refractivity contribution in [1.82, 2.24) is 14.9 Å². The Morgan fingerprint density at radius 3 is 2.72 bits per heavy atom. The molecule has 1 aliphatic carbocycles. The summed E-state index contributed by atoms with van der Waals surface area (Å²) in [5.74, 6) is 0.857. The number of morpholine rings is 1. The first kappa shape index (κ1) is 19.2. The smallest absolute Gasteiger partial charge is 0.252 e. The number of hydrogen-bond acceptors (Lipinski definition) is 7. The molecule has 6 nitrogen and oxygen atoms in total. The third kappa shape index (κ3) is 3.84. The van der Waals surface area contributed by atoms with Crippen molar-refractivity contribution in [3.05, 3.63) is 30.1 Å². The van der Waals surface area contributed by atoms with Crippen molar-refractivity contribution in [2.24, 2.45) is 0 Å². The minimum Gasteiger partial charge on any atom is -0.379 e. The predicted octanol–water partition coefficient (Wildman–Crippen LogP) is 4.28. The summed E-state index contributed by atoms with van der Waals surface area (Å²) < 4.78 is 6.57. The van der Waals surface area contributed by atoms with E-state index in [0.717, 1.165) is 65.3 Å². The zero-order valence-electron chi connectivity index (χ0n) is 16.1. The number of nitrogens with zero attached hydrogens (tertiary/aromatic N) is 3. The Kier molecular flexibility index (Phi) is 5.39. The molecule has 0 unspecified atom stereocenters. The van der Waals surface area contributed by atoms with Crippen LogP contribution >= 0.6 is 22.9 Å². The quantitative estimate of drug-likeness (QED) is 0.623. The minimum atomic E-state index is -0.445. The van der Waals surface area contributed by atoms with Crippen molar-refractivity contribution in [1.29, 1.82) is 0 Å². The summed E-state index contributed by atoms with van der Waals surface area (Å²) in [5, 5.41) is 5.20. The van der Waals surface area contributed by atoms with Gasteiger partial charge in [-0.25, -0.2) is 9.97 Å². The number of carbonyl (C=O) groups excluding carboxylic acids is 1. The molecule has 1 saturated carbocycles. The van der Waals surface area contributed by atoms with Crippen LogP contribution in [0, 0.1) is 0 Å². The second-order valence-electron chi connectivity index (χ2n) is 7.79. The molecule has 3 aromatic rings. The van der Waals surface area contributed by atoms with Crippen LogP contribution in [0.25, 0.3) is 20.3 Å². The van der Waals surface area contributed by atoms with Crippen molar-refractivity contribution in [2.75, 3.05) is 31.6 Å². The van der Waals surface area contributed by atoms with Crippen LogP contribution in [0.1, 0.15) is 36.0 Å². The number of ether oxygens (including phenoxy) is 1. The van der Waals surface area contributed by atoms with Gasteiger partial charge in [-0.1, -0.05) is 0 Å². The number of anilines is 1. The maximum Gasteiger partial charge on any atom is 0.252 e. The van der Waals surface area contributed by atoms with E-state index in [0.29, 0.717) is 17.6 Å². The maximum atomic E-state index is 11.6. The molecule has 5 rings (SSSR count). The second-order valence-corrected chi connectivity index (χ2v) is 9.16. The second kappa shape index (κ2) is 8.14. The number of hydrogen-bond donors (Lipinski definition) is 1. The van der Waals surface area contributed by atoms with Gasteiger partial charge in [0.15, 0.2) is 0 Å². The molecule has 0 spiro atoms. The van der Waals surface area contributed by atoms with E-state index in [1.54, 1.807) is 23.7 Å². The van der Waals surface area contributed by atoms with Crippen LogP contribution in [-0.2, 0) is 4.74 Å². The van der Waals surface area contributed by atoms with Crippen LogP contribution in [0.4, 0.5) is 5.82 Å². The zero-order valence-corrected chi connectivity index (χ0v) is 17.6. The standard InChI is InChI=1S/C21H23ClN4O2S/c22-19(27)13-1-6-17-16(11-13)18-20(23-12-24-21(18)29-17)25-14-2-4-15(5-3-14)26-7-9-28-10-8-26/h1,6,11-12,14-15H,2-5,7-10H2,(H,23,24,25). The van der Waals surface area contributed by atoms with Crippen LogP contribution in [-0.4, -0.2) is 58.5 Å². The molecule has 8 heteroatoms. The van der Waals surface area contributed by atoms with Gasteiger partial charge in [-0.15, -0.1) is 11.3 Å². The van der Waals surface area contributed by atoms with E-state index in [9.17, 15) is 4.79 Å². The molecule has 152 valence electrons. The van der Waals surface area contributed by atoms with E-state index in [2.05, 4.69) is 20.2 Å². The van der Waals surface area contributed by atoms with E-state index in [1.165, 1.54) is 12.8 Å². The molecular weight excluding hydrogens is 408 g/mol. The van der Waals surface area contributed by atoms with Gasteiger partial charge in [-0.3, -0.25) is 9.69 Å². The highest BCUT2D eigenvalue weighted by molar-refractivity contribution is 7.25. The first-order valence-corrected chi connectivity index (χ1v) is 11.3. The van der Waals surface area contributed by atoms with Gasteiger partial charge in [0.25, 0.3) is 5.24 Å². The molecule has 1 saturated heterocycles. The largest absolute Gasteiger partial charge is 0.379 e. The van der Waals surface area contributed by atoms with Crippen LogP contribution in [0.15, 0.2) is 24.5 Å². The summed E-state index contributed by atoms with van der Waals surface area (Å²) in [6.07, 6.45) is 6.26. The molecule has 2 aromatic heterocycles. The Labute approximate surface area is 178 Å². The van der Waals surface area contributed by atoms with Gasteiger partial charge in [0.2, 0.25) is 0 Å². The molecule has 1 N–H and O–H groups in total. The Bertz CT molecular complexity index is 1040. The monoisotopic (exact) mass is 430 g/mol. The van der Waals surface area contributed by atoms with Gasteiger partial charge in [0.05, 0.1) is 18.6 Å². The van der Waals surface area contributed by atoms with Gasteiger partial charge in [0.1, 0.15) is 17.0 Å². The van der Waals surface area contributed by atoms with Gasteiger partial charge in [-0.05, 0) is 55.5 Å². The molecule has 2 fully saturated rings. The summed E-state index contributed by atoms with van der Waals surface area (Å²) in [6.45, 7) is 3.82. The highest BCUT2D eigenvalue weighted by Gasteiger charge is 2.27. The normalized spacial score (nSPS) is 23.5. The van der Waals surface area contributed by atoms with Gasteiger partial charge in [-0.2, -0.15) is 0 Å². The number of halogens is 1. The van der Waals surface area contributed by atoms with Crippen molar-refractivity contribution < 1.29 is 9.53 Å². The molecule has 1 aromatic carbocycles. The average molecular weight is 431 g/mol. The summed E-state index contributed by atoms with van der Waals surface area (Å²) in [6, 6.07) is 6.63. The van der Waals surface area contributed by atoms with E-state index in [-0.39, 0.29) is 0 Å². The third-order valence-corrected chi connectivity index (χ3v) is 7.39. The lowest BCUT2D eigenvalue weighted by Crippen LogP contribution is -2.46. The first-order chi connectivity index (χ1) is 14.2. The molecule has 0 amide bonds. The maximum absolute atomic E-state index is 11.6. The van der Waals surface area contributed by atoms with E-state index in [4.69, 9.17) is 16.3 Å². The summed E-state index contributed by atoms with van der Waals surface area (Å²) in [5.41, 5.74) is 0.500. The topological polar surface area (TPSA) is 67.4 Å². The zero-order chi connectivity index (χ0) is 19.8. The predicted molar refractivity (Wildman–Crippen MR) is 117 cm³/mol. The van der Waals surface area contributed by atoms with Crippen LogP contribution in [0.5, 0.6) is 0 Å². The molecular formula is C21H23ClN4O2S. The lowest BCUT2D eigenvalue weighted by atomic mass is 9.90. The lowest BCUT2D eigenvalue weighted by molar-refractivity contribution is 0.00791. The van der Waals surface area contributed by atoms with Crippen molar-refractivity contribution in [3.63, 3.8) is 0 Å². The van der Waals surface area contributed by atoms with Crippen molar-refractivity contribution in [2.45, 2.75) is 37.8 Å². The van der Waals surface area contributed by atoms with Crippen LogP contribution in [0.2, 0.25) is 0 Å². The van der Waals surface area contributed by atoms with E-state index >= 15 is 0 Å². The molecule has 0 atom stereocenters. The van der Waals surface area contributed by atoms with Gasteiger partial charge in [0, 0.05) is 40.8 Å². The molecule has 29 heavy (non-hydrogen) atoms. The molecule has 3 heterocycles. The molecule has 0 radical (unpaired) electrons. The number of benzene rings is 1. The van der Waals surface area contributed by atoms with Crippen LogP contribution in [0.3, 0.4) is 0 Å². The fraction of sp³-hybridized carbons (Fsp3) is 0.476. The number of rotatable bonds is 4. The minimum absolute atomic E-state index is 0.401. The number of aromatic nitrogens is 2. The SMILES string of the molecule is O=C(Cl)c1ccc2sc3ncnc(NC4CCC(N5CCOCC5)CC4)c3c2c1. The Balaban J connectivity index is 1.37. The highest BCUT2D eigenvalue weighted by Crippen LogP contribution is 2.37. The average Bonchev–Trinajstić information content (AvgIpc) is 3.13. The lowest BCUT2D eigenvalue weighted by Gasteiger charge is -2.39. The fourth-order valence-corrected chi connectivity index (χ4v) is 5.70. The number of thiophene rings is 1. The molecule has 1 aliphatic heterocycles. The van der Waals surface area contributed by atoms with Crippen molar-refractivity contribution >= 4 is 54.3 Å². The van der Waals surface area contributed by atoms with E-state index in [1.807, 2.05) is 12.1 Å². The Morgan fingerprint density at radius 1 is 1.17 bits per heavy atom. The van der Waals surface area contributed by atoms with Crippen LogP contribution < -0.4 is 5.32 Å². The summed E-state index contributed by atoms with van der Waals surface area (Å²) in [7, 11) is 0. The number of carbonyl (C=O) groups is 1. The third-order valence-electron chi connectivity index (χ3n) is 6.09. The number of fused-ring (bicyclic) bond motifs is 3. The molecule has 0 bridgehead atoms. The highest BCUT2D eigenvalue weighted by atomic mass is 35.5. The molecule has 2 aliphatic rings. The van der Waals surface area contributed by atoms with Gasteiger partial charge < -0.3 is 10.1 Å². The summed E-state index contributed by atoms with van der Waals surface area (Å²) >= 11 is 7.31. The summed E-state index contributed by atoms with van der Waals surface area (Å²) in [4.78, 5) is 24.1. The van der Waals surface area contributed by atoms with Crippen molar-refractivity contribution in [3.8, 4) is 0 Å². The first-order valence-electron chi connectivity index (χ1n) is 10.1. The fourth-order valence-electron chi connectivity index (χ4n) is 4.56. The Morgan fingerprint density at radius 2 is 1.97 bits per heavy atom. The Hall–Kier alpha value is -1.80.